The molecular weight excluding hydrogens is 230 g/mol. The average Bonchev–Trinajstić information content (AvgIpc) is 2.32. The Hall–Kier alpha value is 0.230. The van der Waals surface area contributed by atoms with Crippen molar-refractivity contribution in [1.82, 2.24) is 9.80 Å². The van der Waals surface area contributed by atoms with E-state index in [1.807, 2.05) is 11.8 Å². The zero-order valence-electron chi connectivity index (χ0n) is 12.1. The number of piperidine rings is 1. The lowest BCUT2D eigenvalue weighted by molar-refractivity contribution is 0.0107. The number of thioether (sulfide) groups is 1. The van der Waals surface area contributed by atoms with E-state index in [4.69, 9.17) is 5.73 Å². The number of rotatable bonds is 5. The van der Waals surface area contributed by atoms with E-state index < -0.39 is 0 Å². The summed E-state index contributed by atoms with van der Waals surface area (Å²) in [7, 11) is 4.47. The molecule has 1 saturated heterocycles. The fraction of sp³-hybridized carbons (Fsp3) is 1.00. The monoisotopic (exact) mass is 259 g/mol. The minimum Gasteiger partial charge on any atom is -0.329 e. The van der Waals surface area contributed by atoms with Crippen LogP contribution in [-0.4, -0.2) is 66.6 Å². The smallest absolute Gasteiger partial charge is 0.0358 e. The van der Waals surface area contributed by atoms with Crippen LogP contribution in [-0.2, 0) is 0 Å². The summed E-state index contributed by atoms with van der Waals surface area (Å²) in [6.07, 6.45) is 4.56. The number of nitrogens with zero attached hydrogens (tertiary/aromatic N) is 2. The molecule has 0 aromatic heterocycles. The van der Waals surface area contributed by atoms with Gasteiger partial charge in [-0.3, -0.25) is 4.90 Å². The van der Waals surface area contributed by atoms with E-state index in [1.54, 1.807) is 0 Å². The van der Waals surface area contributed by atoms with Crippen molar-refractivity contribution in [2.45, 2.75) is 44.3 Å². The van der Waals surface area contributed by atoms with Crippen molar-refractivity contribution >= 4 is 11.8 Å². The van der Waals surface area contributed by atoms with Gasteiger partial charge in [0.1, 0.15) is 0 Å². The van der Waals surface area contributed by atoms with E-state index in [0.29, 0.717) is 12.1 Å². The molecule has 17 heavy (non-hydrogen) atoms. The molecule has 102 valence electrons. The molecule has 0 spiro atoms. The van der Waals surface area contributed by atoms with Gasteiger partial charge in [-0.1, -0.05) is 0 Å². The highest BCUT2D eigenvalue weighted by Crippen LogP contribution is 2.31. The maximum atomic E-state index is 6.11. The summed E-state index contributed by atoms with van der Waals surface area (Å²) in [6.45, 7) is 6.57. The molecule has 1 aliphatic heterocycles. The van der Waals surface area contributed by atoms with Crippen molar-refractivity contribution in [1.29, 1.82) is 0 Å². The zero-order chi connectivity index (χ0) is 13.1. The molecule has 1 rings (SSSR count). The highest BCUT2D eigenvalue weighted by molar-refractivity contribution is 7.98. The molecule has 0 saturated carbocycles. The van der Waals surface area contributed by atoms with Gasteiger partial charge >= 0.3 is 0 Å². The molecule has 0 bridgehead atoms. The van der Waals surface area contributed by atoms with Crippen molar-refractivity contribution in [3.05, 3.63) is 0 Å². The van der Waals surface area contributed by atoms with E-state index in [2.05, 4.69) is 44.0 Å². The molecule has 1 heterocycles. The van der Waals surface area contributed by atoms with Crippen molar-refractivity contribution in [2.24, 2.45) is 5.73 Å². The molecular formula is C13H29N3S. The zero-order valence-corrected chi connectivity index (χ0v) is 12.9. The Kier molecular flexibility index (Phi) is 5.77. The van der Waals surface area contributed by atoms with Crippen molar-refractivity contribution < 1.29 is 0 Å². The van der Waals surface area contributed by atoms with Crippen LogP contribution in [0.1, 0.15) is 26.7 Å². The van der Waals surface area contributed by atoms with Gasteiger partial charge in [0, 0.05) is 29.9 Å². The van der Waals surface area contributed by atoms with Crippen LogP contribution in [0.5, 0.6) is 0 Å². The minimum absolute atomic E-state index is 0.209. The van der Waals surface area contributed by atoms with Crippen LogP contribution < -0.4 is 5.73 Å². The van der Waals surface area contributed by atoms with Crippen molar-refractivity contribution in [3.8, 4) is 0 Å². The Morgan fingerprint density at radius 3 is 2.71 bits per heavy atom. The SMILES string of the molecule is CSCC(C)N(C)C1(CN)CCN(C)C(C)C1. The summed E-state index contributed by atoms with van der Waals surface area (Å²) in [5, 5.41) is 0. The molecule has 0 aliphatic carbocycles. The Balaban J connectivity index is 2.74. The highest BCUT2D eigenvalue weighted by atomic mass is 32.2. The van der Waals surface area contributed by atoms with Crippen LogP contribution >= 0.6 is 11.8 Å². The first-order valence-corrected chi connectivity index (χ1v) is 7.98. The van der Waals surface area contributed by atoms with E-state index in [-0.39, 0.29) is 5.54 Å². The fourth-order valence-corrected chi connectivity index (χ4v) is 3.59. The summed E-state index contributed by atoms with van der Waals surface area (Å²) < 4.78 is 0. The van der Waals surface area contributed by atoms with Gasteiger partial charge < -0.3 is 10.6 Å². The quantitative estimate of drug-likeness (QED) is 0.811. The molecule has 3 nitrogen and oxygen atoms in total. The second-order valence-corrected chi connectivity index (χ2v) is 6.54. The van der Waals surface area contributed by atoms with Crippen LogP contribution in [0.4, 0.5) is 0 Å². The molecule has 0 radical (unpaired) electrons. The van der Waals surface area contributed by atoms with Crippen LogP contribution in [0.25, 0.3) is 0 Å². The number of likely N-dealkylation sites (N-methyl/N-ethyl adjacent to an activating group) is 1. The highest BCUT2D eigenvalue weighted by Gasteiger charge is 2.40. The molecule has 3 unspecified atom stereocenters. The molecule has 0 amide bonds. The third-order valence-corrected chi connectivity index (χ3v) is 5.37. The predicted molar refractivity (Wildman–Crippen MR) is 78.7 cm³/mol. The first-order chi connectivity index (χ1) is 7.96. The normalized spacial score (nSPS) is 33.0. The van der Waals surface area contributed by atoms with Gasteiger partial charge in [-0.15, -0.1) is 0 Å². The number of hydrogen-bond acceptors (Lipinski definition) is 4. The maximum absolute atomic E-state index is 6.11. The molecule has 3 atom stereocenters. The predicted octanol–water partition coefficient (Wildman–Crippen LogP) is 1.48. The Morgan fingerprint density at radius 1 is 1.59 bits per heavy atom. The number of hydrogen-bond donors (Lipinski definition) is 1. The summed E-state index contributed by atoms with van der Waals surface area (Å²) >= 11 is 1.92. The standard InChI is InChI=1S/C13H29N3S/c1-11-8-13(10-14,6-7-15(11)3)16(4)12(2)9-17-5/h11-12H,6-10,14H2,1-5H3. The minimum atomic E-state index is 0.209. The second-order valence-electron chi connectivity index (χ2n) is 5.63. The molecule has 1 aliphatic rings. The molecule has 0 aromatic rings. The lowest BCUT2D eigenvalue weighted by Crippen LogP contribution is -2.62. The maximum Gasteiger partial charge on any atom is 0.0358 e. The van der Waals surface area contributed by atoms with E-state index in [0.717, 1.165) is 13.1 Å². The molecule has 4 heteroatoms. The molecule has 1 fully saturated rings. The van der Waals surface area contributed by atoms with Gasteiger partial charge in [-0.2, -0.15) is 11.8 Å². The van der Waals surface area contributed by atoms with E-state index in [1.165, 1.54) is 18.6 Å². The van der Waals surface area contributed by atoms with Crippen LogP contribution in [0.2, 0.25) is 0 Å². The topological polar surface area (TPSA) is 32.5 Å². The Labute approximate surface area is 111 Å². The third kappa shape index (κ3) is 3.37. The summed E-state index contributed by atoms with van der Waals surface area (Å²) in [6, 6.07) is 1.24. The van der Waals surface area contributed by atoms with Crippen LogP contribution in [0.3, 0.4) is 0 Å². The lowest BCUT2D eigenvalue weighted by Gasteiger charge is -2.51. The van der Waals surface area contributed by atoms with Gasteiger partial charge in [-0.05, 0) is 53.6 Å². The number of likely N-dealkylation sites (tertiary alicyclic amines) is 1. The van der Waals surface area contributed by atoms with Crippen LogP contribution in [0.15, 0.2) is 0 Å². The second kappa shape index (κ2) is 6.41. The first-order valence-electron chi connectivity index (χ1n) is 6.59. The Bertz CT molecular complexity index is 237. The first kappa shape index (κ1) is 15.3. The van der Waals surface area contributed by atoms with Gasteiger partial charge in [0.2, 0.25) is 0 Å². The van der Waals surface area contributed by atoms with Crippen LogP contribution in [0, 0.1) is 0 Å². The average molecular weight is 259 g/mol. The number of nitrogens with two attached hydrogens (primary N) is 1. The van der Waals surface area contributed by atoms with Gasteiger partial charge in [0.25, 0.3) is 0 Å². The van der Waals surface area contributed by atoms with E-state index in [9.17, 15) is 0 Å². The third-order valence-electron chi connectivity index (χ3n) is 4.55. The molecule has 2 N–H and O–H groups in total. The molecule has 0 aromatic carbocycles. The summed E-state index contributed by atoms with van der Waals surface area (Å²) in [4.78, 5) is 4.98. The van der Waals surface area contributed by atoms with Gasteiger partial charge in [0.15, 0.2) is 0 Å². The van der Waals surface area contributed by atoms with Crippen molar-refractivity contribution in [3.63, 3.8) is 0 Å². The van der Waals surface area contributed by atoms with Crippen molar-refractivity contribution in [2.75, 3.05) is 39.2 Å². The Morgan fingerprint density at radius 2 is 2.24 bits per heavy atom. The van der Waals surface area contributed by atoms with E-state index >= 15 is 0 Å². The summed E-state index contributed by atoms with van der Waals surface area (Å²) in [5.41, 5.74) is 6.32. The van der Waals surface area contributed by atoms with Gasteiger partial charge in [0.05, 0.1) is 0 Å². The summed E-state index contributed by atoms with van der Waals surface area (Å²) in [5.74, 6) is 1.18. The fourth-order valence-electron chi connectivity index (χ4n) is 2.88. The van der Waals surface area contributed by atoms with Gasteiger partial charge in [-0.25, -0.2) is 0 Å². The lowest BCUT2D eigenvalue weighted by atomic mass is 9.82. The largest absolute Gasteiger partial charge is 0.329 e.